The van der Waals surface area contributed by atoms with Gasteiger partial charge in [0.1, 0.15) is 0 Å². The molecule has 0 aromatic heterocycles. The minimum atomic E-state index is -0.278. The first-order chi connectivity index (χ1) is 11.9. The monoisotopic (exact) mass is 362 g/mol. The van der Waals surface area contributed by atoms with Crippen LogP contribution in [0.4, 0.5) is 0 Å². The van der Waals surface area contributed by atoms with E-state index in [0.717, 1.165) is 18.6 Å². The summed E-state index contributed by atoms with van der Waals surface area (Å²) >= 11 is 1.95. The van der Waals surface area contributed by atoms with Crippen molar-refractivity contribution in [3.05, 3.63) is 30.3 Å². The number of thioether (sulfide) groups is 1. The van der Waals surface area contributed by atoms with Gasteiger partial charge in [-0.15, -0.1) is 11.8 Å². The minimum Gasteiger partial charge on any atom is -0.396 e. The molecule has 1 aromatic rings. The van der Waals surface area contributed by atoms with Gasteiger partial charge in [-0.05, 0) is 66.7 Å². The topological polar surface area (TPSA) is 40.5 Å². The maximum absolute atomic E-state index is 11.0. The van der Waals surface area contributed by atoms with Crippen molar-refractivity contribution in [2.24, 2.45) is 28.6 Å². The summed E-state index contributed by atoms with van der Waals surface area (Å²) in [6.45, 7) is 7.26. The van der Waals surface area contributed by atoms with E-state index in [4.69, 9.17) is 0 Å². The zero-order valence-corrected chi connectivity index (χ0v) is 16.8. The van der Waals surface area contributed by atoms with Crippen LogP contribution in [0.5, 0.6) is 0 Å². The molecule has 25 heavy (non-hydrogen) atoms. The maximum atomic E-state index is 11.0. The molecule has 2 aliphatic carbocycles. The first kappa shape index (κ1) is 19.3. The Morgan fingerprint density at radius 1 is 1.16 bits per heavy atom. The van der Waals surface area contributed by atoms with Gasteiger partial charge in [0, 0.05) is 16.9 Å². The van der Waals surface area contributed by atoms with Crippen LogP contribution < -0.4 is 0 Å². The third-order valence-corrected chi connectivity index (χ3v) is 8.78. The maximum Gasteiger partial charge on any atom is 0.0602 e. The van der Waals surface area contributed by atoms with Crippen molar-refractivity contribution in [2.45, 2.75) is 63.9 Å². The largest absolute Gasteiger partial charge is 0.396 e. The molecule has 2 nitrogen and oxygen atoms in total. The minimum absolute atomic E-state index is 0.133. The molecule has 2 saturated carbocycles. The lowest BCUT2D eigenvalue weighted by atomic mass is 9.44. The predicted octanol–water partition coefficient (Wildman–Crippen LogP) is 4.99. The Morgan fingerprint density at radius 2 is 1.88 bits per heavy atom. The highest BCUT2D eigenvalue weighted by atomic mass is 32.2. The van der Waals surface area contributed by atoms with Crippen molar-refractivity contribution in [1.29, 1.82) is 0 Å². The molecule has 2 fully saturated rings. The molecule has 1 aromatic carbocycles. The normalized spacial score (nSPS) is 41.3. The number of aliphatic hydroxyl groups is 2. The van der Waals surface area contributed by atoms with Crippen molar-refractivity contribution >= 4 is 11.8 Å². The van der Waals surface area contributed by atoms with Gasteiger partial charge >= 0.3 is 0 Å². The van der Waals surface area contributed by atoms with Gasteiger partial charge in [-0.25, -0.2) is 0 Å². The van der Waals surface area contributed by atoms with E-state index in [-0.39, 0.29) is 29.5 Å². The van der Waals surface area contributed by atoms with Gasteiger partial charge in [0.15, 0.2) is 0 Å². The summed E-state index contributed by atoms with van der Waals surface area (Å²) in [6, 6.07) is 10.7. The van der Waals surface area contributed by atoms with E-state index in [1.54, 1.807) is 0 Å². The number of fused-ring (bicyclic) bond motifs is 1. The number of aliphatic hydroxyl groups excluding tert-OH is 2. The molecule has 0 saturated heterocycles. The fourth-order valence-corrected chi connectivity index (χ4v) is 6.96. The highest BCUT2D eigenvalue weighted by Crippen LogP contribution is 2.63. The van der Waals surface area contributed by atoms with Gasteiger partial charge in [0.2, 0.25) is 0 Å². The fraction of sp³-hybridized carbons (Fsp3) is 0.727. The molecule has 0 spiro atoms. The van der Waals surface area contributed by atoms with E-state index in [2.05, 4.69) is 51.1 Å². The van der Waals surface area contributed by atoms with Crippen molar-refractivity contribution in [2.75, 3.05) is 12.4 Å². The van der Waals surface area contributed by atoms with E-state index in [1.807, 2.05) is 11.8 Å². The standard InChI is InChI=1S/C22H34O2S/c1-16-14-20(24)22(3)17(15-23)8-7-11-19(22)21(16,2)12-13-25-18-9-5-4-6-10-18/h4-6,9-10,16-17,19-20,23-24H,7-8,11-15H2,1-3H3/t16-,17-,19-,20+,21+,22+/m1/s1. The van der Waals surface area contributed by atoms with E-state index in [9.17, 15) is 10.2 Å². The molecule has 0 aliphatic heterocycles. The Labute approximate surface area is 157 Å². The Balaban J connectivity index is 1.78. The third kappa shape index (κ3) is 3.40. The van der Waals surface area contributed by atoms with Gasteiger partial charge in [-0.3, -0.25) is 0 Å². The molecule has 6 atom stereocenters. The van der Waals surface area contributed by atoms with Crippen LogP contribution in [-0.2, 0) is 0 Å². The van der Waals surface area contributed by atoms with Crippen molar-refractivity contribution < 1.29 is 10.2 Å². The molecular formula is C22H34O2S. The second kappa shape index (κ2) is 7.62. The average Bonchev–Trinajstić information content (AvgIpc) is 2.61. The zero-order valence-electron chi connectivity index (χ0n) is 15.9. The molecule has 2 N–H and O–H groups in total. The van der Waals surface area contributed by atoms with Crippen LogP contribution in [0.25, 0.3) is 0 Å². The van der Waals surface area contributed by atoms with Crippen LogP contribution >= 0.6 is 11.8 Å². The van der Waals surface area contributed by atoms with Crippen molar-refractivity contribution in [1.82, 2.24) is 0 Å². The second-order valence-electron chi connectivity index (χ2n) is 8.80. The molecule has 0 unspecified atom stereocenters. The third-order valence-electron chi connectivity index (χ3n) is 7.77. The molecule has 0 heterocycles. The number of rotatable bonds is 5. The summed E-state index contributed by atoms with van der Waals surface area (Å²) < 4.78 is 0. The second-order valence-corrected chi connectivity index (χ2v) is 9.97. The van der Waals surface area contributed by atoms with Crippen LogP contribution in [0.1, 0.15) is 52.9 Å². The van der Waals surface area contributed by atoms with Crippen molar-refractivity contribution in [3.63, 3.8) is 0 Å². The fourth-order valence-electron chi connectivity index (χ4n) is 5.84. The van der Waals surface area contributed by atoms with Crippen LogP contribution in [0.2, 0.25) is 0 Å². The summed E-state index contributed by atoms with van der Waals surface area (Å²) in [5.74, 6) is 2.39. The van der Waals surface area contributed by atoms with Crippen LogP contribution in [0.3, 0.4) is 0 Å². The molecule has 3 rings (SSSR count). The van der Waals surface area contributed by atoms with E-state index in [1.165, 1.54) is 24.2 Å². The number of hydrogen-bond acceptors (Lipinski definition) is 3. The Kier molecular flexibility index (Phi) is 5.87. The highest BCUT2D eigenvalue weighted by Gasteiger charge is 2.59. The van der Waals surface area contributed by atoms with E-state index >= 15 is 0 Å². The SMILES string of the molecule is C[C@@H]1C[C@H](O)[C@@]2(C)[C@@H](CO)CCC[C@@H]2[C@@]1(C)CCSc1ccccc1. The summed E-state index contributed by atoms with van der Waals surface area (Å²) in [5.41, 5.74) is 0.106. The Morgan fingerprint density at radius 3 is 2.56 bits per heavy atom. The van der Waals surface area contributed by atoms with E-state index in [0.29, 0.717) is 11.8 Å². The molecule has 0 amide bonds. The first-order valence-corrected chi connectivity index (χ1v) is 10.9. The molecule has 140 valence electrons. The van der Waals surface area contributed by atoms with Gasteiger partial charge in [-0.2, -0.15) is 0 Å². The molecular weight excluding hydrogens is 328 g/mol. The van der Waals surface area contributed by atoms with Crippen molar-refractivity contribution in [3.8, 4) is 0 Å². The summed E-state index contributed by atoms with van der Waals surface area (Å²) in [7, 11) is 0. The van der Waals surface area contributed by atoms with E-state index < -0.39 is 0 Å². The summed E-state index contributed by atoms with van der Waals surface area (Å²) in [6.07, 6.45) is 5.21. The average molecular weight is 363 g/mol. The summed E-state index contributed by atoms with van der Waals surface area (Å²) in [5, 5.41) is 20.9. The number of hydrogen-bond donors (Lipinski definition) is 2. The van der Waals surface area contributed by atoms with Gasteiger partial charge in [0.05, 0.1) is 6.10 Å². The molecule has 3 heteroatoms. The van der Waals surface area contributed by atoms with Crippen LogP contribution in [-0.4, -0.2) is 28.7 Å². The summed E-state index contributed by atoms with van der Waals surface area (Å²) in [4.78, 5) is 1.34. The Hall–Kier alpha value is -0.510. The lowest BCUT2D eigenvalue weighted by Gasteiger charge is -2.62. The smallest absolute Gasteiger partial charge is 0.0602 e. The van der Waals surface area contributed by atoms with Gasteiger partial charge in [0.25, 0.3) is 0 Å². The van der Waals surface area contributed by atoms with Crippen LogP contribution in [0, 0.1) is 28.6 Å². The van der Waals surface area contributed by atoms with Gasteiger partial charge < -0.3 is 10.2 Å². The first-order valence-electron chi connectivity index (χ1n) is 9.89. The highest BCUT2D eigenvalue weighted by molar-refractivity contribution is 7.99. The Bertz CT molecular complexity index is 562. The predicted molar refractivity (Wildman–Crippen MR) is 106 cm³/mol. The lowest BCUT2D eigenvalue weighted by molar-refractivity contribution is -0.185. The van der Waals surface area contributed by atoms with Gasteiger partial charge in [-0.1, -0.05) is 45.4 Å². The quantitative estimate of drug-likeness (QED) is 0.725. The lowest BCUT2D eigenvalue weighted by Crippen LogP contribution is -2.60. The number of benzene rings is 1. The van der Waals surface area contributed by atoms with Crippen LogP contribution in [0.15, 0.2) is 35.2 Å². The molecule has 0 bridgehead atoms. The molecule has 0 radical (unpaired) electrons. The molecule has 2 aliphatic rings. The zero-order chi connectivity index (χ0) is 18.1.